The highest BCUT2D eigenvalue weighted by Gasteiger charge is 2.33. The van der Waals surface area contributed by atoms with E-state index < -0.39 is 22.2 Å². The van der Waals surface area contributed by atoms with Gasteiger partial charge in [0.05, 0.1) is 30.4 Å². The summed E-state index contributed by atoms with van der Waals surface area (Å²) in [6.07, 6.45) is 4.04. The summed E-state index contributed by atoms with van der Waals surface area (Å²) < 4.78 is 26.6. The first-order valence-electron chi connectivity index (χ1n) is 5.68. The van der Waals surface area contributed by atoms with Crippen LogP contribution in [0.5, 0.6) is 0 Å². The number of likely N-dealkylation sites (tertiary alicyclic amines) is 1. The van der Waals surface area contributed by atoms with Gasteiger partial charge in [-0.3, -0.25) is 4.90 Å². The number of nitrogens with one attached hydrogen (secondary N) is 1. The third-order valence-electron chi connectivity index (χ3n) is 2.87. The van der Waals surface area contributed by atoms with Crippen LogP contribution < -0.4 is 4.72 Å². The minimum absolute atomic E-state index is 0.441. The van der Waals surface area contributed by atoms with Gasteiger partial charge < -0.3 is 9.67 Å². The van der Waals surface area contributed by atoms with Crippen LogP contribution in [0.25, 0.3) is 0 Å². The maximum Gasteiger partial charge on any atom is 0.209 e. The average molecular weight is 274 g/mol. The van der Waals surface area contributed by atoms with Crippen molar-refractivity contribution >= 4 is 10.0 Å². The van der Waals surface area contributed by atoms with Crippen LogP contribution in [-0.2, 0) is 23.6 Å². The molecular formula is C10H18N4O3S. The summed E-state index contributed by atoms with van der Waals surface area (Å²) in [5, 5.41) is 9.81. The second-order valence-corrected chi connectivity index (χ2v) is 6.57. The standard InChI is InChI=1S/C10H18N4O3S/c1-13-3-8(11-7-13)4-14-5-9(10(15)6-14)12-18(2,16)17/h3,7,9-10,12,15H,4-6H2,1-2H3/t9-,10-/m1/s1. The molecule has 0 aromatic carbocycles. The van der Waals surface area contributed by atoms with Crippen molar-refractivity contribution in [2.75, 3.05) is 19.3 Å². The predicted octanol–water partition coefficient (Wildman–Crippen LogP) is -1.49. The zero-order valence-corrected chi connectivity index (χ0v) is 11.3. The highest BCUT2D eigenvalue weighted by molar-refractivity contribution is 7.88. The monoisotopic (exact) mass is 274 g/mol. The van der Waals surface area contributed by atoms with Crippen molar-refractivity contribution in [1.29, 1.82) is 0 Å². The number of aliphatic hydroxyl groups is 1. The number of β-amino-alcohol motifs (C(OH)–C–C–N with tert-alkyl or cyclic N) is 1. The molecule has 0 spiro atoms. The summed E-state index contributed by atoms with van der Waals surface area (Å²) in [6.45, 7) is 1.55. The number of hydrogen-bond donors (Lipinski definition) is 2. The molecule has 0 radical (unpaired) electrons. The van der Waals surface area contributed by atoms with Gasteiger partial charge in [0.2, 0.25) is 10.0 Å². The van der Waals surface area contributed by atoms with E-state index in [-0.39, 0.29) is 0 Å². The second kappa shape index (κ2) is 4.96. The van der Waals surface area contributed by atoms with Crippen molar-refractivity contribution in [3.05, 3.63) is 18.2 Å². The van der Waals surface area contributed by atoms with E-state index in [1.165, 1.54) is 0 Å². The quantitative estimate of drug-likeness (QED) is 0.699. The van der Waals surface area contributed by atoms with Gasteiger partial charge in [0, 0.05) is 32.9 Å². The molecule has 0 saturated carbocycles. The summed E-state index contributed by atoms with van der Waals surface area (Å²) in [5.41, 5.74) is 0.907. The van der Waals surface area contributed by atoms with Crippen LogP contribution in [0.3, 0.4) is 0 Å². The van der Waals surface area contributed by atoms with Gasteiger partial charge in [-0.2, -0.15) is 0 Å². The number of aryl methyl sites for hydroxylation is 1. The number of aromatic nitrogens is 2. The van der Waals surface area contributed by atoms with Gasteiger partial charge >= 0.3 is 0 Å². The first-order chi connectivity index (χ1) is 8.33. The second-order valence-electron chi connectivity index (χ2n) is 4.79. The van der Waals surface area contributed by atoms with Gasteiger partial charge in [0.1, 0.15) is 0 Å². The van der Waals surface area contributed by atoms with Gasteiger partial charge in [0.15, 0.2) is 0 Å². The minimum atomic E-state index is -3.29. The minimum Gasteiger partial charge on any atom is -0.390 e. The van der Waals surface area contributed by atoms with Crippen LogP contribution in [-0.4, -0.2) is 59.5 Å². The van der Waals surface area contributed by atoms with E-state index in [0.29, 0.717) is 19.6 Å². The number of nitrogens with zero attached hydrogens (tertiary/aromatic N) is 3. The lowest BCUT2D eigenvalue weighted by Crippen LogP contribution is -2.42. The zero-order chi connectivity index (χ0) is 13.3. The Hall–Kier alpha value is -0.960. The fourth-order valence-corrected chi connectivity index (χ4v) is 2.95. The molecule has 1 fully saturated rings. The van der Waals surface area contributed by atoms with E-state index in [9.17, 15) is 13.5 Å². The van der Waals surface area contributed by atoms with E-state index in [2.05, 4.69) is 9.71 Å². The van der Waals surface area contributed by atoms with Crippen LogP contribution in [0.2, 0.25) is 0 Å². The van der Waals surface area contributed by atoms with Crippen LogP contribution >= 0.6 is 0 Å². The fraction of sp³-hybridized carbons (Fsp3) is 0.700. The SMILES string of the molecule is Cn1cnc(CN2C[C@@H](O)[C@H](NS(C)(=O)=O)C2)c1. The topological polar surface area (TPSA) is 87.5 Å². The largest absolute Gasteiger partial charge is 0.390 e. The molecule has 1 aliphatic heterocycles. The summed E-state index contributed by atoms with van der Waals surface area (Å²) in [7, 11) is -1.40. The van der Waals surface area contributed by atoms with Crippen LogP contribution in [0.4, 0.5) is 0 Å². The molecule has 2 N–H and O–H groups in total. The lowest BCUT2D eigenvalue weighted by Gasteiger charge is -2.14. The Bertz CT molecular complexity index is 513. The average Bonchev–Trinajstić information content (AvgIpc) is 2.73. The Morgan fingerprint density at radius 3 is 2.83 bits per heavy atom. The highest BCUT2D eigenvalue weighted by atomic mass is 32.2. The predicted molar refractivity (Wildman–Crippen MR) is 66.3 cm³/mol. The van der Waals surface area contributed by atoms with E-state index in [0.717, 1.165) is 11.9 Å². The first-order valence-corrected chi connectivity index (χ1v) is 7.57. The molecule has 2 rings (SSSR count). The maximum absolute atomic E-state index is 11.1. The molecule has 2 atom stereocenters. The number of imidazole rings is 1. The molecule has 7 nitrogen and oxygen atoms in total. The summed E-state index contributed by atoms with van der Waals surface area (Å²) in [5.74, 6) is 0. The molecule has 18 heavy (non-hydrogen) atoms. The summed E-state index contributed by atoms with van der Waals surface area (Å²) in [4.78, 5) is 6.19. The lowest BCUT2D eigenvalue weighted by atomic mass is 10.2. The van der Waals surface area contributed by atoms with Crippen LogP contribution in [0.1, 0.15) is 5.69 Å². The van der Waals surface area contributed by atoms with Gasteiger partial charge in [-0.05, 0) is 0 Å². The van der Waals surface area contributed by atoms with Gasteiger partial charge in [-0.1, -0.05) is 0 Å². The summed E-state index contributed by atoms with van der Waals surface area (Å²) >= 11 is 0. The molecule has 0 bridgehead atoms. The molecule has 1 aromatic heterocycles. The van der Waals surface area contributed by atoms with Gasteiger partial charge in [-0.25, -0.2) is 18.1 Å². The van der Waals surface area contributed by atoms with E-state index in [1.807, 2.05) is 22.7 Å². The third-order valence-corrected chi connectivity index (χ3v) is 3.60. The van der Waals surface area contributed by atoms with Crippen molar-refractivity contribution in [1.82, 2.24) is 19.2 Å². The first kappa shape index (κ1) is 13.5. The number of aliphatic hydroxyl groups excluding tert-OH is 1. The molecule has 0 aliphatic carbocycles. The molecule has 102 valence electrons. The third kappa shape index (κ3) is 3.52. The Kier molecular flexibility index (Phi) is 3.71. The maximum atomic E-state index is 11.1. The molecule has 1 aliphatic rings. The molecular weight excluding hydrogens is 256 g/mol. The van der Waals surface area contributed by atoms with Crippen LogP contribution in [0, 0.1) is 0 Å². The number of rotatable bonds is 4. The zero-order valence-electron chi connectivity index (χ0n) is 10.4. The molecule has 2 heterocycles. The normalized spacial score (nSPS) is 25.7. The number of hydrogen-bond acceptors (Lipinski definition) is 5. The Labute approximate surface area is 106 Å². The van der Waals surface area contributed by atoms with E-state index >= 15 is 0 Å². The highest BCUT2D eigenvalue weighted by Crippen LogP contribution is 2.13. The number of sulfonamides is 1. The Balaban J connectivity index is 1.94. The van der Waals surface area contributed by atoms with E-state index in [1.54, 1.807) is 6.33 Å². The van der Waals surface area contributed by atoms with Crippen molar-refractivity contribution in [2.45, 2.75) is 18.7 Å². The molecule has 1 aromatic rings. The van der Waals surface area contributed by atoms with Gasteiger partial charge in [-0.15, -0.1) is 0 Å². The summed E-state index contributed by atoms with van der Waals surface area (Å²) in [6, 6.07) is -0.441. The fourth-order valence-electron chi connectivity index (χ4n) is 2.16. The van der Waals surface area contributed by atoms with Crippen molar-refractivity contribution in [3.8, 4) is 0 Å². The molecule has 0 amide bonds. The van der Waals surface area contributed by atoms with E-state index in [4.69, 9.17) is 0 Å². The molecule has 0 unspecified atom stereocenters. The molecule has 1 saturated heterocycles. The van der Waals surface area contributed by atoms with Crippen molar-refractivity contribution in [3.63, 3.8) is 0 Å². The smallest absolute Gasteiger partial charge is 0.209 e. The Morgan fingerprint density at radius 2 is 2.28 bits per heavy atom. The van der Waals surface area contributed by atoms with Crippen molar-refractivity contribution in [2.24, 2.45) is 7.05 Å². The molecule has 8 heteroatoms. The van der Waals surface area contributed by atoms with Gasteiger partial charge in [0.25, 0.3) is 0 Å². The van der Waals surface area contributed by atoms with Crippen molar-refractivity contribution < 1.29 is 13.5 Å². The van der Waals surface area contributed by atoms with Crippen LogP contribution in [0.15, 0.2) is 12.5 Å². The lowest BCUT2D eigenvalue weighted by molar-refractivity contribution is 0.159. The Morgan fingerprint density at radius 1 is 1.56 bits per heavy atom.